The van der Waals surface area contributed by atoms with Crippen LogP contribution in [0.15, 0.2) is 0 Å². The molecule has 0 aromatic rings. The van der Waals surface area contributed by atoms with E-state index in [4.69, 9.17) is 0 Å². The third kappa shape index (κ3) is 5.38. The summed E-state index contributed by atoms with van der Waals surface area (Å²) in [6, 6.07) is 0.703. The highest BCUT2D eigenvalue weighted by molar-refractivity contribution is 4.77. The maximum absolute atomic E-state index is 10.3. The minimum absolute atomic E-state index is 0.204. The number of β-amino-alcohol motifs (C(OH)–C–C–N with tert-alkyl or cyclic N) is 1. The van der Waals surface area contributed by atoms with Gasteiger partial charge in [-0.25, -0.2) is 0 Å². The molecule has 4 heteroatoms. The van der Waals surface area contributed by atoms with Crippen molar-refractivity contribution in [3.8, 4) is 0 Å². The first kappa shape index (κ1) is 15.2. The lowest BCUT2D eigenvalue weighted by molar-refractivity contribution is 0.0628. The molecule has 1 heterocycles. The Morgan fingerprint density at radius 3 is 2.74 bits per heavy atom. The van der Waals surface area contributed by atoms with Gasteiger partial charge in [-0.3, -0.25) is 4.90 Å². The molecule has 0 amide bonds. The lowest BCUT2D eigenvalue weighted by atomic mass is 9.94. The van der Waals surface area contributed by atoms with E-state index < -0.39 is 0 Å². The van der Waals surface area contributed by atoms with Crippen molar-refractivity contribution < 1.29 is 5.11 Å². The minimum atomic E-state index is -0.204. The molecule has 1 saturated carbocycles. The van der Waals surface area contributed by atoms with Gasteiger partial charge in [0.1, 0.15) is 0 Å². The molecule has 0 aromatic carbocycles. The average Bonchev–Trinajstić information content (AvgIpc) is 2.68. The number of nitrogens with zero attached hydrogens (tertiary/aromatic N) is 2. The van der Waals surface area contributed by atoms with Crippen molar-refractivity contribution in [1.82, 2.24) is 15.1 Å². The van der Waals surface area contributed by atoms with Gasteiger partial charge in [0.2, 0.25) is 0 Å². The third-order valence-electron chi connectivity index (χ3n) is 4.60. The zero-order valence-electron chi connectivity index (χ0n) is 12.5. The third-order valence-corrected chi connectivity index (χ3v) is 4.60. The first-order valence-corrected chi connectivity index (χ1v) is 8.07. The second-order valence-corrected chi connectivity index (χ2v) is 6.29. The quantitative estimate of drug-likeness (QED) is 0.778. The molecule has 112 valence electrons. The van der Waals surface area contributed by atoms with Crippen LogP contribution in [0.5, 0.6) is 0 Å². The standard InChI is InChI=1S/C15H31N3O/c1-17(14-6-3-2-4-7-14)12-15(19)13-18-10-5-8-16-9-11-18/h14-16,19H,2-13H2,1H3/t15-/m0/s1. The van der Waals surface area contributed by atoms with Crippen molar-refractivity contribution in [1.29, 1.82) is 0 Å². The Kier molecular flexibility index (Phi) is 6.57. The van der Waals surface area contributed by atoms with E-state index >= 15 is 0 Å². The average molecular weight is 269 g/mol. The van der Waals surface area contributed by atoms with Gasteiger partial charge in [-0.2, -0.15) is 0 Å². The molecule has 2 N–H and O–H groups in total. The second-order valence-electron chi connectivity index (χ2n) is 6.29. The Bertz CT molecular complexity index is 236. The predicted molar refractivity (Wildman–Crippen MR) is 79.4 cm³/mol. The second kappa shape index (κ2) is 8.20. The molecule has 1 saturated heterocycles. The van der Waals surface area contributed by atoms with Crippen LogP contribution < -0.4 is 5.32 Å². The van der Waals surface area contributed by atoms with Crippen molar-refractivity contribution in [3.05, 3.63) is 0 Å². The lowest BCUT2D eigenvalue weighted by Crippen LogP contribution is -2.44. The van der Waals surface area contributed by atoms with Gasteiger partial charge in [-0.1, -0.05) is 19.3 Å². The van der Waals surface area contributed by atoms with E-state index in [1.165, 1.54) is 38.5 Å². The summed E-state index contributed by atoms with van der Waals surface area (Å²) in [4.78, 5) is 4.79. The monoisotopic (exact) mass is 269 g/mol. The van der Waals surface area contributed by atoms with E-state index in [-0.39, 0.29) is 6.10 Å². The van der Waals surface area contributed by atoms with Crippen LogP contribution in [0.1, 0.15) is 38.5 Å². The Balaban J connectivity index is 1.68. The van der Waals surface area contributed by atoms with E-state index in [2.05, 4.69) is 22.2 Å². The Morgan fingerprint density at radius 1 is 1.16 bits per heavy atom. The van der Waals surface area contributed by atoms with E-state index in [0.29, 0.717) is 6.04 Å². The van der Waals surface area contributed by atoms with Crippen LogP contribution >= 0.6 is 0 Å². The highest BCUT2D eigenvalue weighted by atomic mass is 16.3. The number of nitrogens with one attached hydrogen (secondary N) is 1. The van der Waals surface area contributed by atoms with Gasteiger partial charge in [0, 0.05) is 32.2 Å². The Labute approximate surface area is 118 Å². The molecule has 0 unspecified atom stereocenters. The van der Waals surface area contributed by atoms with Gasteiger partial charge >= 0.3 is 0 Å². The molecule has 0 bridgehead atoms. The van der Waals surface area contributed by atoms with Crippen LogP contribution in [0.3, 0.4) is 0 Å². The molecular weight excluding hydrogens is 238 g/mol. The summed E-state index contributed by atoms with van der Waals surface area (Å²) in [6.45, 7) is 6.04. The molecule has 0 radical (unpaired) electrons. The smallest absolute Gasteiger partial charge is 0.0793 e. The SMILES string of the molecule is CN(C[C@H](O)CN1CCCNCC1)C1CCCCC1. The highest BCUT2D eigenvalue weighted by Gasteiger charge is 2.21. The first-order valence-electron chi connectivity index (χ1n) is 8.07. The summed E-state index contributed by atoms with van der Waals surface area (Å²) in [6.07, 6.45) is 7.75. The van der Waals surface area contributed by atoms with Crippen LogP contribution in [0.2, 0.25) is 0 Å². The summed E-state index contributed by atoms with van der Waals surface area (Å²) in [5, 5.41) is 13.7. The van der Waals surface area contributed by atoms with Crippen molar-refractivity contribution >= 4 is 0 Å². The maximum atomic E-state index is 10.3. The van der Waals surface area contributed by atoms with Crippen LogP contribution in [0.4, 0.5) is 0 Å². The number of hydrogen-bond donors (Lipinski definition) is 2. The van der Waals surface area contributed by atoms with Crippen molar-refractivity contribution in [3.63, 3.8) is 0 Å². The summed E-state index contributed by atoms with van der Waals surface area (Å²) < 4.78 is 0. The lowest BCUT2D eigenvalue weighted by Gasteiger charge is -2.33. The fourth-order valence-corrected chi connectivity index (χ4v) is 3.44. The predicted octanol–water partition coefficient (Wildman–Crippen LogP) is 0.907. The van der Waals surface area contributed by atoms with Gasteiger partial charge in [0.25, 0.3) is 0 Å². The normalized spacial score (nSPS) is 25.4. The molecule has 19 heavy (non-hydrogen) atoms. The summed E-state index contributed by atoms with van der Waals surface area (Å²) in [5.74, 6) is 0. The van der Waals surface area contributed by atoms with Crippen molar-refractivity contribution in [2.45, 2.75) is 50.7 Å². The summed E-state index contributed by atoms with van der Waals surface area (Å²) in [5.41, 5.74) is 0. The number of rotatable bonds is 5. The van der Waals surface area contributed by atoms with Crippen molar-refractivity contribution in [2.24, 2.45) is 0 Å². The van der Waals surface area contributed by atoms with Gasteiger partial charge in [0.05, 0.1) is 6.10 Å². The fourth-order valence-electron chi connectivity index (χ4n) is 3.44. The number of aliphatic hydroxyl groups excluding tert-OH is 1. The van der Waals surface area contributed by atoms with Crippen LogP contribution in [0.25, 0.3) is 0 Å². The van der Waals surface area contributed by atoms with Gasteiger partial charge in [0.15, 0.2) is 0 Å². The molecule has 0 aromatic heterocycles. The van der Waals surface area contributed by atoms with E-state index in [1.807, 2.05) is 0 Å². The first-order chi connectivity index (χ1) is 9.25. The van der Waals surface area contributed by atoms with Gasteiger partial charge < -0.3 is 15.3 Å². The molecule has 2 aliphatic rings. The Morgan fingerprint density at radius 2 is 1.95 bits per heavy atom. The van der Waals surface area contributed by atoms with Crippen molar-refractivity contribution in [2.75, 3.05) is 46.3 Å². The zero-order chi connectivity index (χ0) is 13.5. The number of aliphatic hydroxyl groups is 1. The maximum Gasteiger partial charge on any atom is 0.0793 e. The van der Waals surface area contributed by atoms with E-state index in [1.54, 1.807) is 0 Å². The molecule has 4 nitrogen and oxygen atoms in total. The molecule has 0 spiro atoms. The van der Waals surface area contributed by atoms with Gasteiger partial charge in [-0.05, 0) is 39.4 Å². The molecule has 2 fully saturated rings. The van der Waals surface area contributed by atoms with E-state index in [0.717, 1.165) is 39.3 Å². The van der Waals surface area contributed by atoms with Gasteiger partial charge in [-0.15, -0.1) is 0 Å². The molecule has 2 rings (SSSR count). The van der Waals surface area contributed by atoms with Crippen LogP contribution in [-0.4, -0.2) is 73.4 Å². The van der Waals surface area contributed by atoms with Crippen LogP contribution in [0, 0.1) is 0 Å². The summed E-state index contributed by atoms with van der Waals surface area (Å²) >= 11 is 0. The largest absolute Gasteiger partial charge is 0.390 e. The fraction of sp³-hybridized carbons (Fsp3) is 1.00. The van der Waals surface area contributed by atoms with Crippen LogP contribution in [-0.2, 0) is 0 Å². The Hall–Kier alpha value is -0.160. The highest BCUT2D eigenvalue weighted by Crippen LogP contribution is 2.21. The molecule has 1 aliphatic carbocycles. The topological polar surface area (TPSA) is 38.7 Å². The number of hydrogen-bond acceptors (Lipinski definition) is 4. The minimum Gasteiger partial charge on any atom is -0.390 e. The summed E-state index contributed by atoms with van der Waals surface area (Å²) in [7, 11) is 2.18. The van der Waals surface area contributed by atoms with E-state index in [9.17, 15) is 5.11 Å². The molecule has 1 atom stereocenters. The molecular formula is C15H31N3O. The molecule has 1 aliphatic heterocycles. The zero-order valence-corrected chi connectivity index (χ0v) is 12.5. The number of likely N-dealkylation sites (N-methyl/N-ethyl adjacent to an activating group) is 1.